The predicted molar refractivity (Wildman–Crippen MR) is 53.7 cm³/mol. The van der Waals surface area contributed by atoms with Crippen LogP contribution in [0.4, 0.5) is 0 Å². The molecule has 1 nitrogen and oxygen atoms in total. The minimum absolute atomic E-state index is 0.470. The molecule has 0 bridgehead atoms. The molecule has 2 fully saturated rings. The van der Waals surface area contributed by atoms with Crippen molar-refractivity contribution in [3.8, 4) is 0 Å². The van der Waals surface area contributed by atoms with Crippen LogP contribution < -0.4 is 0 Å². The fourth-order valence-corrected chi connectivity index (χ4v) is 2.16. The van der Waals surface area contributed by atoms with E-state index in [0.29, 0.717) is 5.41 Å². The van der Waals surface area contributed by atoms with Gasteiger partial charge in [0.15, 0.2) is 0 Å². The smallest absolute Gasteiger partial charge is 0.0530 e. The third-order valence-corrected chi connectivity index (χ3v) is 3.88. The zero-order valence-corrected chi connectivity index (χ0v) is 8.48. The summed E-state index contributed by atoms with van der Waals surface area (Å²) in [7, 11) is 0. The molecule has 0 aromatic rings. The van der Waals surface area contributed by atoms with Gasteiger partial charge in [0.25, 0.3) is 0 Å². The summed E-state index contributed by atoms with van der Waals surface area (Å²) in [6, 6.07) is 0. The average molecular weight is 186 g/mol. The van der Waals surface area contributed by atoms with Crippen LogP contribution in [0.1, 0.15) is 32.1 Å². The largest absolute Gasteiger partial charge is 0.381 e. The van der Waals surface area contributed by atoms with Crippen molar-refractivity contribution in [2.24, 2.45) is 11.3 Å². The second-order valence-electron chi connectivity index (χ2n) is 4.47. The lowest BCUT2D eigenvalue weighted by Crippen LogP contribution is -2.36. The monoisotopic (exact) mass is 186 g/mol. The van der Waals surface area contributed by atoms with Crippen molar-refractivity contribution in [2.45, 2.75) is 32.1 Å². The first-order valence-corrected chi connectivity index (χ1v) is 5.66. The summed E-state index contributed by atoms with van der Waals surface area (Å²) < 4.78 is 5.71. The van der Waals surface area contributed by atoms with Crippen LogP contribution in [0.3, 0.4) is 0 Å². The molecule has 0 spiro atoms. The fraction of sp³-hybridized carbons (Fsp3) is 1.00. The van der Waals surface area contributed by atoms with Crippen LogP contribution in [0, 0.1) is 11.3 Å². The topological polar surface area (TPSA) is 9.23 Å². The number of hydrogen-bond acceptors (Lipinski definition) is 2. The molecule has 0 aromatic heterocycles. The number of rotatable bonds is 5. The highest BCUT2D eigenvalue weighted by molar-refractivity contribution is 7.80. The summed E-state index contributed by atoms with van der Waals surface area (Å²) in [4.78, 5) is 0. The minimum atomic E-state index is 0.470. The van der Waals surface area contributed by atoms with Crippen LogP contribution in [0.2, 0.25) is 0 Å². The van der Waals surface area contributed by atoms with Gasteiger partial charge in [0.2, 0.25) is 0 Å². The SMILES string of the molecule is SCC1(COCC2CC2)CCC1. The van der Waals surface area contributed by atoms with Crippen molar-refractivity contribution in [1.82, 2.24) is 0 Å². The second kappa shape index (κ2) is 3.59. The average Bonchev–Trinajstić information content (AvgIpc) is 2.78. The molecular formula is C10H18OS. The molecule has 0 N–H and O–H groups in total. The molecule has 2 saturated carbocycles. The summed E-state index contributed by atoms with van der Waals surface area (Å²) in [6.07, 6.45) is 6.84. The summed E-state index contributed by atoms with van der Waals surface area (Å²) in [5.74, 6) is 1.92. The summed E-state index contributed by atoms with van der Waals surface area (Å²) in [5, 5.41) is 0. The van der Waals surface area contributed by atoms with E-state index in [4.69, 9.17) is 4.74 Å². The van der Waals surface area contributed by atoms with Crippen LogP contribution in [0.5, 0.6) is 0 Å². The first-order valence-electron chi connectivity index (χ1n) is 5.03. The molecule has 0 saturated heterocycles. The van der Waals surface area contributed by atoms with E-state index in [-0.39, 0.29) is 0 Å². The Hall–Kier alpha value is 0.310. The Morgan fingerprint density at radius 2 is 2.08 bits per heavy atom. The van der Waals surface area contributed by atoms with Gasteiger partial charge in [-0.2, -0.15) is 12.6 Å². The summed E-state index contributed by atoms with van der Waals surface area (Å²) in [6.45, 7) is 1.97. The lowest BCUT2D eigenvalue weighted by Gasteiger charge is -2.40. The molecule has 0 heterocycles. The number of thiol groups is 1. The number of hydrogen-bond donors (Lipinski definition) is 1. The van der Waals surface area contributed by atoms with Crippen LogP contribution in [-0.4, -0.2) is 19.0 Å². The van der Waals surface area contributed by atoms with E-state index in [9.17, 15) is 0 Å². The molecule has 0 unspecified atom stereocenters. The summed E-state index contributed by atoms with van der Waals surface area (Å²) in [5.41, 5.74) is 0.470. The van der Waals surface area contributed by atoms with Crippen molar-refractivity contribution >= 4 is 12.6 Å². The van der Waals surface area contributed by atoms with Gasteiger partial charge in [-0.15, -0.1) is 0 Å². The van der Waals surface area contributed by atoms with Crippen LogP contribution >= 0.6 is 12.6 Å². The maximum absolute atomic E-state index is 5.71. The fourth-order valence-electron chi connectivity index (χ4n) is 1.75. The first kappa shape index (κ1) is 8.89. The standard InChI is InChI=1S/C10H18OS/c12-8-10(4-1-5-10)7-11-6-9-2-3-9/h9,12H,1-8H2. The third-order valence-electron chi connectivity index (χ3n) is 3.21. The van der Waals surface area contributed by atoms with E-state index in [0.717, 1.165) is 24.9 Å². The predicted octanol–water partition coefficient (Wildman–Crippen LogP) is 2.51. The highest BCUT2D eigenvalue weighted by Gasteiger charge is 2.36. The molecular weight excluding hydrogens is 168 g/mol. The molecule has 2 heteroatoms. The molecule has 2 rings (SSSR count). The van der Waals surface area contributed by atoms with Crippen LogP contribution in [-0.2, 0) is 4.74 Å². The molecule has 0 aromatic carbocycles. The Morgan fingerprint density at radius 1 is 1.33 bits per heavy atom. The van der Waals surface area contributed by atoms with Gasteiger partial charge in [0, 0.05) is 12.0 Å². The van der Waals surface area contributed by atoms with E-state index in [1.165, 1.54) is 32.1 Å². The molecule has 0 radical (unpaired) electrons. The molecule has 2 aliphatic carbocycles. The molecule has 70 valence electrons. The highest BCUT2D eigenvalue weighted by atomic mass is 32.1. The highest BCUT2D eigenvalue weighted by Crippen LogP contribution is 2.42. The zero-order chi connectivity index (χ0) is 8.44. The van der Waals surface area contributed by atoms with Crippen molar-refractivity contribution in [2.75, 3.05) is 19.0 Å². The number of ether oxygens (including phenoxy) is 1. The van der Waals surface area contributed by atoms with Crippen molar-refractivity contribution < 1.29 is 4.74 Å². The van der Waals surface area contributed by atoms with Crippen molar-refractivity contribution in [1.29, 1.82) is 0 Å². The van der Waals surface area contributed by atoms with Crippen LogP contribution in [0.15, 0.2) is 0 Å². The maximum Gasteiger partial charge on any atom is 0.0530 e. The van der Waals surface area contributed by atoms with E-state index >= 15 is 0 Å². The lowest BCUT2D eigenvalue weighted by molar-refractivity contribution is 0.00621. The van der Waals surface area contributed by atoms with Crippen molar-refractivity contribution in [3.63, 3.8) is 0 Å². The van der Waals surface area contributed by atoms with Gasteiger partial charge in [-0.3, -0.25) is 0 Å². The van der Waals surface area contributed by atoms with Gasteiger partial charge in [-0.1, -0.05) is 6.42 Å². The van der Waals surface area contributed by atoms with E-state index in [1.54, 1.807) is 0 Å². The second-order valence-corrected chi connectivity index (χ2v) is 4.79. The maximum atomic E-state index is 5.71. The van der Waals surface area contributed by atoms with Gasteiger partial charge in [-0.05, 0) is 37.4 Å². The Labute approximate surface area is 80.3 Å². The van der Waals surface area contributed by atoms with Gasteiger partial charge < -0.3 is 4.74 Å². The van der Waals surface area contributed by atoms with Crippen molar-refractivity contribution in [3.05, 3.63) is 0 Å². The first-order chi connectivity index (χ1) is 5.85. The minimum Gasteiger partial charge on any atom is -0.381 e. The molecule has 2 aliphatic rings. The van der Waals surface area contributed by atoms with E-state index in [1.807, 2.05) is 0 Å². The Morgan fingerprint density at radius 3 is 2.50 bits per heavy atom. The third kappa shape index (κ3) is 1.97. The molecule has 0 atom stereocenters. The Kier molecular flexibility index (Phi) is 2.66. The van der Waals surface area contributed by atoms with Gasteiger partial charge >= 0.3 is 0 Å². The van der Waals surface area contributed by atoms with E-state index < -0.39 is 0 Å². The quantitative estimate of drug-likeness (QED) is 0.649. The molecule has 0 amide bonds. The van der Waals surface area contributed by atoms with Gasteiger partial charge in [0.05, 0.1) is 6.61 Å². The summed E-state index contributed by atoms with van der Waals surface area (Å²) >= 11 is 4.39. The molecule has 0 aliphatic heterocycles. The van der Waals surface area contributed by atoms with Gasteiger partial charge in [-0.25, -0.2) is 0 Å². The van der Waals surface area contributed by atoms with E-state index in [2.05, 4.69) is 12.6 Å². The zero-order valence-electron chi connectivity index (χ0n) is 7.59. The Bertz CT molecular complexity index is 144. The molecule has 12 heavy (non-hydrogen) atoms. The Balaban J connectivity index is 1.62. The normalized spacial score (nSPS) is 26.8. The van der Waals surface area contributed by atoms with Gasteiger partial charge in [0.1, 0.15) is 0 Å². The lowest BCUT2D eigenvalue weighted by atomic mass is 9.71. The van der Waals surface area contributed by atoms with Crippen LogP contribution in [0.25, 0.3) is 0 Å².